The summed E-state index contributed by atoms with van der Waals surface area (Å²) in [6, 6.07) is 6.03. The van der Waals surface area contributed by atoms with E-state index in [1.54, 1.807) is 19.1 Å². The van der Waals surface area contributed by atoms with E-state index in [1.165, 1.54) is 12.1 Å². The number of nitrogens with zero attached hydrogens (tertiary/aromatic N) is 1. The van der Waals surface area contributed by atoms with Gasteiger partial charge in [0, 0.05) is 24.8 Å². The predicted molar refractivity (Wildman–Crippen MR) is 104 cm³/mol. The minimum Gasteiger partial charge on any atom is -0.465 e. The molecule has 0 spiro atoms. The molecule has 9 heteroatoms. The van der Waals surface area contributed by atoms with Crippen LogP contribution in [0.2, 0.25) is 0 Å². The number of carbonyl (C=O) groups is 1. The van der Waals surface area contributed by atoms with E-state index >= 15 is 0 Å². The maximum Gasteiger partial charge on any atom is 0.323 e. The molecule has 2 rings (SSSR count). The summed E-state index contributed by atoms with van der Waals surface area (Å²) in [7, 11) is -3.85. The van der Waals surface area contributed by atoms with Crippen molar-refractivity contribution < 1.29 is 22.1 Å². The normalized spacial score (nSPS) is 20.9. The number of alkyl halides is 1. The number of benzene rings is 1. The first-order valence-electron chi connectivity index (χ1n) is 7.84. The summed E-state index contributed by atoms with van der Waals surface area (Å²) >= 11 is 3.35. The summed E-state index contributed by atoms with van der Waals surface area (Å²) in [5.74, 6) is -0.336. The van der Waals surface area contributed by atoms with Crippen LogP contribution < -0.4 is 0 Å². The molecule has 1 unspecified atom stereocenters. The number of halogens is 2. The Morgan fingerprint density at radius 1 is 1.32 bits per heavy atom. The zero-order chi connectivity index (χ0) is 17.7. The molecule has 0 radical (unpaired) electrons. The van der Waals surface area contributed by atoms with Crippen molar-refractivity contribution in [3.8, 4) is 0 Å². The van der Waals surface area contributed by atoms with Crippen LogP contribution in [-0.2, 0) is 23.8 Å². The van der Waals surface area contributed by atoms with Gasteiger partial charge in [0.1, 0.15) is 6.04 Å². The van der Waals surface area contributed by atoms with E-state index in [1.807, 2.05) is 11.8 Å². The molecule has 0 aromatic heterocycles. The molecule has 1 aliphatic heterocycles. The lowest BCUT2D eigenvalue weighted by Crippen LogP contribution is -2.38. The standard InChI is InChI=1S/C16H22BrNO5S.BrH/c1-3-22-16(19)15-10-13(11-18(15)9-8-17)23-24(20,21)14-6-4-12(2)5-7-14;/h4-7,13,15H,3,8-11H2,1-2H3;1H/t13?,15-;/m0./s1. The zero-order valence-electron chi connectivity index (χ0n) is 14.2. The third-order valence-corrected chi connectivity index (χ3v) is 5.60. The molecule has 1 fully saturated rings. The van der Waals surface area contributed by atoms with Gasteiger partial charge in [-0.25, -0.2) is 0 Å². The van der Waals surface area contributed by atoms with Gasteiger partial charge in [0.15, 0.2) is 0 Å². The maximum atomic E-state index is 12.4. The van der Waals surface area contributed by atoms with Crippen molar-refractivity contribution in [2.75, 3.05) is 25.0 Å². The van der Waals surface area contributed by atoms with Crippen molar-refractivity contribution in [2.24, 2.45) is 0 Å². The van der Waals surface area contributed by atoms with E-state index in [0.29, 0.717) is 31.4 Å². The minimum absolute atomic E-state index is 0. The second kappa shape index (κ2) is 10.0. The molecule has 1 aromatic rings. The van der Waals surface area contributed by atoms with E-state index in [0.717, 1.165) is 5.56 Å². The average molecular weight is 501 g/mol. The summed E-state index contributed by atoms with van der Waals surface area (Å²) in [6.45, 7) is 4.92. The summed E-state index contributed by atoms with van der Waals surface area (Å²) in [4.78, 5) is 14.1. The Labute approximate surface area is 167 Å². The molecule has 6 nitrogen and oxygen atoms in total. The summed E-state index contributed by atoms with van der Waals surface area (Å²) < 4.78 is 35.2. The van der Waals surface area contributed by atoms with Gasteiger partial charge in [-0.2, -0.15) is 8.42 Å². The first kappa shape index (κ1) is 22.6. The fourth-order valence-electron chi connectivity index (χ4n) is 2.71. The van der Waals surface area contributed by atoms with Crippen LogP contribution in [0.25, 0.3) is 0 Å². The fraction of sp³-hybridized carbons (Fsp3) is 0.562. The van der Waals surface area contributed by atoms with Crippen molar-refractivity contribution >= 4 is 49.0 Å². The highest BCUT2D eigenvalue weighted by Gasteiger charge is 2.40. The molecule has 1 aliphatic rings. The number of aryl methyl sites for hydroxylation is 1. The second-order valence-corrected chi connectivity index (χ2v) is 8.04. The minimum atomic E-state index is -3.85. The number of likely N-dealkylation sites (tertiary alicyclic amines) is 1. The third-order valence-electron chi connectivity index (χ3n) is 3.87. The molecule has 1 saturated heterocycles. The molecular weight excluding hydrogens is 478 g/mol. The number of rotatable bonds is 7. The molecule has 0 saturated carbocycles. The van der Waals surface area contributed by atoms with Crippen LogP contribution >= 0.6 is 32.9 Å². The van der Waals surface area contributed by atoms with Gasteiger partial charge in [0.2, 0.25) is 0 Å². The molecule has 0 aliphatic carbocycles. The van der Waals surface area contributed by atoms with Gasteiger partial charge in [-0.05, 0) is 26.0 Å². The molecule has 142 valence electrons. The number of carbonyl (C=O) groups excluding carboxylic acids is 1. The Morgan fingerprint density at radius 2 is 1.96 bits per heavy atom. The van der Waals surface area contributed by atoms with Crippen molar-refractivity contribution in [3.63, 3.8) is 0 Å². The van der Waals surface area contributed by atoms with Gasteiger partial charge in [-0.1, -0.05) is 33.6 Å². The van der Waals surface area contributed by atoms with Crippen molar-refractivity contribution in [1.82, 2.24) is 4.90 Å². The van der Waals surface area contributed by atoms with Gasteiger partial charge in [-0.15, -0.1) is 17.0 Å². The number of hydrogen-bond donors (Lipinski definition) is 0. The van der Waals surface area contributed by atoms with Crippen LogP contribution in [-0.4, -0.2) is 56.5 Å². The molecule has 2 atom stereocenters. The topological polar surface area (TPSA) is 72.9 Å². The number of hydrogen-bond acceptors (Lipinski definition) is 6. The van der Waals surface area contributed by atoms with Gasteiger partial charge < -0.3 is 4.74 Å². The van der Waals surface area contributed by atoms with E-state index in [-0.39, 0.29) is 27.8 Å². The molecule has 0 amide bonds. The lowest BCUT2D eigenvalue weighted by atomic mass is 10.2. The number of esters is 1. The van der Waals surface area contributed by atoms with E-state index < -0.39 is 22.3 Å². The second-order valence-electron chi connectivity index (χ2n) is 5.67. The van der Waals surface area contributed by atoms with Gasteiger partial charge in [0.05, 0.1) is 17.6 Å². The third kappa shape index (κ3) is 6.02. The predicted octanol–water partition coefficient (Wildman–Crippen LogP) is 2.68. The van der Waals surface area contributed by atoms with Crippen LogP contribution in [0.5, 0.6) is 0 Å². The smallest absolute Gasteiger partial charge is 0.323 e. The maximum absolute atomic E-state index is 12.4. The Hall–Kier alpha value is -0.480. The lowest BCUT2D eigenvalue weighted by molar-refractivity contribution is -0.148. The molecule has 0 bridgehead atoms. The average Bonchev–Trinajstić information content (AvgIpc) is 2.90. The first-order valence-corrected chi connectivity index (χ1v) is 10.4. The monoisotopic (exact) mass is 499 g/mol. The van der Waals surface area contributed by atoms with Crippen LogP contribution in [0.15, 0.2) is 29.2 Å². The molecular formula is C16H23Br2NO5S. The van der Waals surface area contributed by atoms with Crippen LogP contribution in [0.1, 0.15) is 18.9 Å². The fourth-order valence-corrected chi connectivity index (χ4v) is 4.24. The number of ether oxygens (including phenoxy) is 1. The van der Waals surface area contributed by atoms with E-state index in [9.17, 15) is 13.2 Å². The summed E-state index contributed by atoms with van der Waals surface area (Å²) in [6.07, 6.45) is -0.263. The van der Waals surface area contributed by atoms with Gasteiger partial charge in [0.25, 0.3) is 10.1 Å². The molecule has 0 N–H and O–H groups in total. The lowest BCUT2D eigenvalue weighted by Gasteiger charge is -2.21. The van der Waals surface area contributed by atoms with Crippen molar-refractivity contribution in [2.45, 2.75) is 37.3 Å². The van der Waals surface area contributed by atoms with Gasteiger partial charge >= 0.3 is 5.97 Å². The van der Waals surface area contributed by atoms with Crippen molar-refractivity contribution in [1.29, 1.82) is 0 Å². The molecule has 25 heavy (non-hydrogen) atoms. The molecule has 1 aromatic carbocycles. The summed E-state index contributed by atoms with van der Waals surface area (Å²) in [5.41, 5.74) is 0.973. The van der Waals surface area contributed by atoms with Crippen LogP contribution in [0.4, 0.5) is 0 Å². The van der Waals surface area contributed by atoms with E-state index in [4.69, 9.17) is 8.92 Å². The largest absolute Gasteiger partial charge is 0.465 e. The van der Waals surface area contributed by atoms with Crippen molar-refractivity contribution in [3.05, 3.63) is 29.8 Å². The van der Waals surface area contributed by atoms with Crippen LogP contribution in [0, 0.1) is 6.92 Å². The van der Waals surface area contributed by atoms with Gasteiger partial charge in [-0.3, -0.25) is 13.9 Å². The zero-order valence-corrected chi connectivity index (χ0v) is 18.3. The first-order chi connectivity index (χ1) is 11.4. The highest BCUT2D eigenvalue weighted by atomic mass is 79.9. The quantitative estimate of drug-likeness (QED) is 0.325. The Bertz CT molecular complexity index is 666. The van der Waals surface area contributed by atoms with Crippen LogP contribution in [0.3, 0.4) is 0 Å². The highest BCUT2D eigenvalue weighted by molar-refractivity contribution is 9.09. The Balaban J connectivity index is 0.00000312. The van der Waals surface area contributed by atoms with E-state index in [2.05, 4.69) is 15.9 Å². The highest BCUT2D eigenvalue weighted by Crippen LogP contribution is 2.25. The molecule has 1 heterocycles. The summed E-state index contributed by atoms with van der Waals surface area (Å²) in [5, 5.41) is 0.681. The SMILES string of the molecule is Br.CCOC(=O)[C@@H]1CC(OS(=O)(=O)c2ccc(C)cc2)CN1CCBr. The Morgan fingerprint density at radius 3 is 2.52 bits per heavy atom. The Kier molecular flexibility index (Phi) is 9.03.